The standard InChI is InChI=1S/C26H30N4O4S/c1-2-27-25(32)30-15-18-4-10-21(11-5-18)24-33-22(17-35-26-28-12-3-13-29-26)14-23(34-24)20-8-6-19(16-31)7-9-20/h3-13,22-24,31H,2,14-17H2,1H3,(H2,27,30,32)/t22-,23+,24+/m0/s1. The maximum absolute atomic E-state index is 11.7. The molecule has 3 aromatic rings. The number of hydrogen-bond acceptors (Lipinski definition) is 7. The molecule has 184 valence electrons. The van der Waals surface area contributed by atoms with Crippen molar-refractivity contribution < 1.29 is 19.4 Å². The quantitative estimate of drug-likeness (QED) is 0.303. The number of ether oxygens (including phenoxy) is 2. The van der Waals surface area contributed by atoms with Crippen molar-refractivity contribution in [3.63, 3.8) is 0 Å². The Balaban J connectivity index is 1.46. The number of aromatic nitrogens is 2. The van der Waals surface area contributed by atoms with Gasteiger partial charge in [-0.25, -0.2) is 14.8 Å². The summed E-state index contributed by atoms with van der Waals surface area (Å²) in [5, 5.41) is 15.6. The van der Waals surface area contributed by atoms with Crippen LogP contribution >= 0.6 is 11.8 Å². The fourth-order valence-electron chi connectivity index (χ4n) is 3.75. The molecule has 9 heteroatoms. The smallest absolute Gasteiger partial charge is 0.315 e. The maximum Gasteiger partial charge on any atom is 0.315 e. The minimum atomic E-state index is -0.529. The summed E-state index contributed by atoms with van der Waals surface area (Å²) in [6.07, 6.45) is 3.42. The first-order valence-electron chi connectivity index (χ1n) is 11.7. The second kappa shape index (κ2) is 12.6. The van der Waals surface area contributed by atoms with Crippen molar-refractivity contribution in [2.75, 3.05) is 12.3 Å². The van der Waals surface area contributed by atoms with Gasteiger partial charge in [0.15, 0.2) is 11.4 Å². The Morgan fingerprint density at radius 2 is 1.69 bits per heavy atom. The zero-order valence-electron chi connectivity index (χ0n) is 19.6. The summed E-state index contributed by atoms with van der Waals surface area (Å²) in [7, 11) is 0. The summed E-state index contributed by atoms with van der Waals surface area (Å²) >= 11 is 1.56. The third-order valence-corrected chi connectivity index (χ3v) is 6.61. The first-order valence-corrected chi connectivity index (χ1v) is 12.6. The number of rotatable bonds is 9. The van der Waals surface area contributed by atoms with Gasteiger partial charge < -0.3 is 25.2 Å². The van der Waals surface area contributed by atoms with Crippen molar-refractivity contribution in [3.05, 3.63) is 89.2 Å². The normalized spacial score (nSPS) is 19.8. The average Bonchev–Trinajstić information content (AvgIpc) is 2.92. The number of nitrogens with one attached hydrogen (secondary N) is 2. The van der Waals surface area contributed by atoms with E-state index in [0.29, 0.717) is 30.4 Å². The van der Waals surface area contributed by atoms with E-state index in [0.717, 1.165) is 22.3 Å². The second-order valence-electron chi connectivity index (χ2n) is 8.15. The van der Waals surface area contributed by atoms with Gasteiger partial charge in [0.2, 0.25) is 0 Å². The predicted octanol–water partition coefficient (Wildman–Crippen LogP) is 4.13. The van der Waals surface area contributed by atoms with E-state index < -0.39 is 6.29 Å². The number of hydrogen-bond donors (Lipinski definition) is 3. The molecular weight excluding hydrogens is 464 g/mol. The van der Waals surface area contributed by atoms with Crippen LogP contribution in [0.25, 0.3) is 0 Å². The summed E-state index contributed by atoms with van der Waals surface area (Å²) in [5.41, 5.74) is 3.81. The molecule has 8 nitrogen and oxygen atoms in total. The summed E-state index contributed by atoms with van der Waals surface area (Å²) in [6.45, 7) is 2.91. The lowest BCUT2D eigenvalue weighted by Gasteiger charge is -2.36. The van der Waals surface area contributed by atoms with Crippen molar-refractivity contribution in [2.24, 2.45) is 0 Å². The van der Waals surface area contributed by atoms with Crippen LogP contribution in [0.2, 0.25) is 0 Å². The van der Waals surface area contributed by atoms with Gasteiger partial charge in [0.25, 0.3) is 0 Å². The van der Waals surface area contributed by atoms with E-state index in [-0.39, 0.29) is 24.8 Å². The molecule has 2 aromatic carbocycles. The first-order chi connectivity index (χ1) is 17.1. The predicted molar refractivity (Wildman–Crippen MR) is 134 cm³/mol. The third kappa shape index (κ3) is 7.25. The highest BCUT2D eigenvalue weighted by Gasteiger charge is 2.32. The minimum Gasteiger partial charge on any atom is -0.392 e. The van der Waals surface area contributed by atoms with Crippen LogP contribution in [0.5, 0.6) is 0 Å². The number of aliphatic hydroxyl groups excluding tert-OH is 1. The van der Waals surface area contributed by atoms with Crippen molar-refractivity contribution >= 4 is 17.8 Å². The highest BCUT2D eigenvalue weighted by Crippen LogP contribution is 2.39. The molecule has 1 aliphatic heterocycles. The second-order valence-corrected chi connectivity index (χ2v) is 9.13. The van der Waals surface area contributed by atoms with Gasteiger partial charge in [0.1, 0.15) is 0 Å². The van der Waals surface area contributed by atoms with Crippen molar-refractivity contribution in [3.8, 4) is 0 Å². The van der Waals surface area contributed by atoms with E-state index in [4.69, 9.17) is 9.47 Å². The Labute approximate surface area is 209 Å². The average molecular weight is 495 g/mol. The Kier molecular flexibility index (Phi) is 9.08. The fraction of sp³-hybridized carbons (Fsp3) is 0.346. The van der Waals surface area contributed by atoms with Crippen LogP contribution < -0.4 is 10.6 Å². The van der Waals surface area contributed by atoms with E-state index in [2.05, 4.69) is 20.6 Å². The number of carbonyl (C=O) groups is 1. The number of carbonyl (C=O) groups excluding carboxylic acids is 1. The van der Waals surface area contributed by atoms with Crippen molar-refractivity contribution in [2.45, 2.75) is 50.2 Å². The fourth-order valence-corrected chi connectivity index (χ4v) is 4.57. The van der Waals surface area contributed by atoms with Crippen molar-refractivity contribution in [1.82, 2.24) is 20.6 Å². The molecule has 0 unspecified atom stereocenters. The lowest BCUT2D eigenvalue weighted by atomic mass is 10.0. The monoisotopic (exact) mass is 494 g/mol. The van der Waals surface area contributed by atoms with Crippen LogP contribution in [-0.2, 0) is 22.6 Å². The van der Waals surface area contributed by atoms with Gasteiger partial charge in [-0.15, -0.1) is 0 Å². The Hall–Kier alpha value is -2.98. The topological polar surface area (TPSA) is 106 Å². The number of urea groups is 1. The molecule has 1 aromatic heterocycles. The zero-order valence-corrected chi connectivity index (χ0v) is 20.4. The molecule has 0 saturated carbocycles. The lowest BCUT2D eigenvalue weighted by molar-refractivity contribution is -0.245. The molecule has 0 aliphatic carbocycles. The summed E-state index contributed by atoms with van der Waals surface area (Å²) < 4.78 is 12.7. The zero-order chi connectivity index (χ0) is 24.5. The number of aliphatic hydroxyl groups is 1. The highest BCUT2D eigenvalue weighted by atomic mass is 32.2. The van der Waals surface area contributed by atoms with Crippen LogP contribution in [0.4, 0.5) is 4.79 Å². The van der Waals surface area contributed by atoms with Gasteiger partial charge in [-0.2, -0.15) is 0 Å². The summed E-state index contributed by atoms with van der Waals surface area (Å²) in [6, 6.07) is 17.3. The molecule has 2 heterocycles. The molecule has 2 amide bonds. The SMILES string of the molecule is CCNC(=O)NCc1ccc([C@@H]2O[C@H](CSc3ncccn3)C[C@H](c3ccc(CO)cc3)O2)cc1. The van der Waals surface area contributed by atoms with Gasteiger partial charge in [-0.3, -0.25) is 0 Å². The van der Waals surface area contributed by atoms with E-state index in [1.807, 2.05) is 55.5 Å². The molecule has 1 saturated heterocycles. The lowest BCUT2D eigenvalue weighted by Crippen LogP contribution is -2.34. The van der Waals surface area contributed by atoms with Crippen LogP contribution in [0.1, 0.15) is 48.0 Å². The van der Waals surface area contributed by atoms with Gasteiger partial charge in [0.05, 0.1) is 18.8 Å². The Morgan fingerprint density at radius 1 is 1.00 bits per heavy atom. The molecule has 0 bridgehead atoms. The van der Waals surface area contributed by atoms with Crippen LogP contribution in [-0.4, -0.2) is 39.5 Å². The molecule has 1 aliphatic rings. The molecule has 35 heavy (non-hydrogen) atoms. The number of benzene rings is 2. The van der Waals surface area contributed by atoms with E-state index in [1.54, 1.807) is 30.2 Å². The van der Waals surface area contributed by atoms with Gasteiger partial charge in [-0.1, -0.05) is 60.3 Å². The molecule has 0 radical (unpaired) electrons. The molecule has 0 spiro atoms. The van der Waals surface area contributed by atoms with Crippen molar-refractivity contribution in [1.29, 1.82) is 0 Å². The molecule has 1 fully saturated rings. The van der Waals surface area contributed by atoms with Gasteiger partial charge in [-0.05, 0) is 29.7 Å². The molecule has 3 N–H and O–H groups in total. The minimum absolute atomic E-state index is 0.00912. The first kappa shape index (κ1) is 25.1. The number of amides is 2. The van der Waals surface area contributed by atoms with E-state index in [1.165, 1.54) is 0 Å². The molecule has 4 rings (SSSR count). The van der Waals surface area contributed by atoms with E-state index >= 15 is 0 Å². The van der Waals surface area contributed by atoms with E-state index in [9.17, 15) is 9.90 Å². The molecular formula is C26H30N4O4S. The summed E-state index contributed by atoms with van der Waals surface area (Å²) in [4.78, 5) is 20.2. The molecule has 3 atom stereocenters. The third-order valence-electron chi connectivity index (χ3n) is 5.60. The van der Waals surface area contributed by atoms with Crippen LogP contribution in [0.3, 0.4) is 0 Å². The Bertz CT molecular complexity index is 1070. The number of nitrogens with zero attached hydrogens (tertiary/aromatic N) is 2. The largest absolute Gasteiger partial charge is 0.392 e. The van der Waals surface area contributed by atoms with Gasteiger partial charge >= 0.3 is 6.03 Å². The summed E-state index contributed by atoms with van der Waals surface area (Å²) in [5.74, 6) is 0.698. The maximum atomic E-state index is 11.7. The highest BCUT2D eigenvalue weighted by molar-refractivity contribution is 7.99. The van der Waals surface area contributed by atoms with Crippen LogP contribution in [0, 0.1) is 0 Å². The Morgan fingerprint density at radius 3 is 2.37 bits per heavy atom. The van der Waals surface area contributed by atoms with Crippen LogP contribution in [0.15, 0.2) is 72.1 Å². The number of thioether (sulfide) groups is 1. The van der Waals surface area contributed by atoms with Gasteiger partial charge in [0, 0.05) is 43.2 Å².